The van der Waals surface area contributed by atoms with Gasteiger partial charge < -0.3 is 20.1 Å². The van der Waals surface area contributed by atoms with Crippen LogP contribution in [0.4, 0.5) is 0 Å². The van der Waals surface area contributed by atoms with Gasteiger partial charge in [0, 0.05) is 10.4 Å². The van der Waals surface area contributed by atoms with Gasteiger partial charge in [-0.15, -0.1) is 0 Å². The van der Waals surface area contributed by atoms with Crippen LogP contribution in [0.1, 0.15) is 0 Å². The first-order valence-electron chi connectivity index (χ1n) is 0.667. The van der Waals surface area contributed by atoms with E-state index in [1.807, 2.05) is 0 Å². The first-order valence-corrected chi connectivity index (χ1v) is 2.00. The molecule has 0 bridgehead atoms. The molecule has 0 heterocycles. The zero-order valence-electron chi connectivity index (χ0n) is 3.36. The van der Waals surface area contributed by atoms with Crippen LogP contribution >= 0.6 is 0 Å². The monoisotopic (exact) mass is 176 g/mol. The van der Waals surface area contributed by atoms with E-state index in [1.165, 1.54) is 0 Å². The molecule has 6 nitrogen and oxygen atoms in total. The van der Waals surface area contributed by atoms with Gasteiger partial charge in [0.25, 0.3) is 0 Å². The summed E-state index contributed by atoms with van der Waals surface area (Å²) >= 11 is 0. The van der Waals surface area contributed by atoms with Crippen molar-refractivity contribution in [2.45, 2.75) is 0 Å². The Hall–Kier alpha value is 0.504. The molecule has 0 aliphatic heterocycles. The summed E-state index contributed by atoms with van der Waals surface area (Å²) in [5.41, 5.74) is 0. The van der Waals surface area contributed by atoms with Crippen molar-refractivity contribution in [2.24, 2.45) is 0 Å². The zero-order valence-corrected chi connectivity index (χ0v) is 5.74. The molecule has 0 fully saturated rings. The molecule has 0 unspecified atom stereocenters. The van der Waals surface area contributed by atoms with Crippen molar-refractivity contribution < 1.29 is 50.2 Å². The van der Waals surface area contributed by atoms with Gasteiger partial charge in [-0.2, -0.15) is 0 Å². The van der Waals surface area contributed by atoms with E-state index in [1.54, 1.807) is 0 Å². The Balaban J connectivity index is -0.0000000267. The molecule has 0 aromatic carbocycles. The van der Waals surface area contributed by atoms with E-state index in [0.717, 1.165) is 0 Å². The van der Waals surface area contributed by atoms with Gasteiger partial charge in [-0.3, -0.25) is 8.42 Å². The SMILES string of the molecule is O=S(=O)([O-])[O-].[O-2].[O-2].[Ti+4]. The quantitative estimate of drug-likeness (QED) is 0.249. The van der Waals surface area contributed by atoms with E-state index in [0.29, 0.717) is 0 Å². The van der Waals surface area contributed by atoms with Crippen molar-refractivity contribution >= 4 is 10.4 Å². The summed E-state index contributed by atoms with van der Waals surface area (Å²) < 4.78 is 34.1. The summed E-state index contributed by atoms with van der Waals surface area (Å²) in [7, 11) is -5.17. The molecule has 0 atom stereocenters. The minimum Gasteiger partial charge on any atom is -2.00 e. The molecule has 0 aromatic heterocycles. The van der Waals surface area contributed by atoms with E-state index in [9.17, 15) is 0 Å². The Kier molecular flexibility index (Phi) is 22.1. The zero-order chi connectivity index (χ0) is 4.50. The first kappa shape index (κ1) is 23.6. The maximum Gasteiger partial charge on any atom is 4.00 e. The average Bonchev–Trinajstić information content (AvgIpc) is 0.722. The third-order valence-corrected chi connectivity index (χ3v) is 0. The molecule has 0 aliphatic carbocycles. The molecule has 0 aliphatic rings. The fraction of sp³-hybridized carbons (Fsp3) is 0. The normalized spacial score (nSPS) is 7.25. The van der Waals surface area contributed by atoms with Crippen molar-refractivity contribution in [3.8, 4) is 0 Å². The topological polar surface area (TPSA) is 137 Å². The summed E-state index contributed by atoms with van der Waals surface area (Å²) in [6, 6.07) is 0. The minimum atomic E-state index is -5.17. The predicted octanol–water partition coefficient (Wildman–Crippen LogP) is -1.58. The standard InChI is InChI=1S/H2O4S.2O.Ti/c1-5(2,3)4;;;/h(H2,1,2,3,4);;;/q;2*-2;+4/p-2. The fourth-order valence-corrected chi connectivity index (χ4v) is 0. The summed E-state index contributed by atoms with van der Waals surface area (Å²) in [5, 5.41) is 0. The van der Waals surface area contributed by atoms with Crippen LogP contribution in [0.25, 0.3) is 0 Å². The van der Waals surface area contributed by atoms with Crippen molar-refractivity contribution in [1.82, 2.24) is 0 Å². The summed E-state index contributed by atoms with van der Waals surface area (Å²) in [6.07, 6.45) is 0. The average molecular weight is 176 g/mol. The van der Waals surface area contributed by atoms with Crippen molar-refractivity contribution in [1.29, 1.82) is 0 Å². The van der Waals surface area contributed by atoms with Gasteiger partial charge in [0.05, 0.1) is 0 Å². The van der Waals surface area contributed by atoms with Crippen molar-refractivity contribution in [3.63, 3.8) is 0 Å². The van der Waals surface area contributed by atoms with Crippen LogP contribution in [0, 0.1) is 0 Å². The maximum atomic E-state index is 8.52. The summed E-state index contributed by atoms with van der Waals surface area (Å²) in [5.74, 6) is 0. The van der Waals surface area contributed by atoms with Crippen LogP contribution in [0.2, 0.25) is 0 Å². The molecule has 8 heavy (non-hydrogen) atoms. The van der Waals surface area contributed by atoms with Crippen LogP contribution in [-0.4, -0.2) is 17.5 Å². The largest absolute Gasteiger partial charge is 4.00 e. The Morgan fingerprint density at radius 1 is 1.00 bits per heavy atom. The van der Waals surface area contributed by atoms with Gasteiger partial charge in [0.15, 0.2) is 0 Å². The van der Waals surface area contributed by atoms with Crippen LogP contribution in [0.15, 0.2) is 0 Å². The second-order valence-electron chi connectivity index (χ2n) is 0.408. The van der Waals surface area contributed by atoms with Crippen LogP contribution < -0.4 is 0 Å². The molecule has 0 saturated heterocycles. The molecule has 0 rings (SSSR count). The Morgan fingerprint density at radius 3 is 1.00 bits per heavy atom. The Morgan fingerprint density at radius 2 is 1.00 bits per heavy atom. The molecule has 0 spiro atoms. The molecule has 0 radical (unpaired) electrons. The minimum absolute atomic E-state index is 0. The van der Waals surface area contributed by atoms with Crippen LogP contribution in [-0.2, 0) is 43.1 Å². The van der Waals surface area contributed by atoms with Gasteiger partial charge >= 0.3 is 21.7 Å². The molecule has 48 valence electrons. The van der Waals surface area contributed by atoms with Crippen LogP contribution in [0.5, 0.6) is 0 Å². The third-order valence-electron chi connectivity index (χ3n) is 0. The van der Waals surface area contributed by atoms with E-state index >= 15 is 0 Å². The molecule has 0 aromatic rings. The van der Waals surface area contributed by atoms with E-state index in [-0.39, 0.29) is 32.7 Å². The van der Waals surface area contributed by atoms with E-state index in [2.05, 4.69) is 0 Å². The van der Waals surface area contributed by atoms with Gasteiger partial charge in [0.2, 0.25) is 0 Å². The number of hydrogen-bond acceptors (Lipinski definition) is 4. The predicted molar refractivity (Wildman–Crippen MR) is 11.8 cm³/mol. The molecule has 0 saturated carbocycles. The van der Waals surface area contributed by atoms with Crippen molar-refractivity contribution in [3.05, 3.63) is 0 Å². The third kappa shape index (κ3) is 775. The molecular weight excluding hydrogens is 176 g/mol. The molecule has 8 heteroatoms. The number of hydrogen-bond donors (Lipinski definition) is 0. The first-order chi connectivity index (χ1) is 2.00. The van der Waals surface area contributed by atoms with Gasteiger partial charge in [-0.1, -0.05) is 0 Å². The smallest absolute Gasteiger partial charge is 2.00 e. The van der Waals surface area contributed by atoms with Gasteiger partial charge in [0.1, 0.15) is 0 Å². The van der Waals surface area contributed by atoms with E-state index in [4.69, 9.17) is 17.5 Å². The number of rotatable bonds is 0. The van der Waals surface area contributed by atoms with E-state index < -0.39 is 10.4 Å². The fourth-order valence-electron chi connectivity index (χ4n) is 0. The second kappa shape index (κ2) is 7.50. The maximum absolute atomic E-state index is 8.52. The summed E-state index contributed by atoms with van der Waals surface area (Å²) in [6.45, 7) is 0. The Labute approximate surface area is 61.0 Å². The summed E-state index contributed by atoms with van der Waals surface area (Å²) in [4.78, 5) is 0. The van der Waals surface area contributed by atoms with Crippen LogP contribution in [0.3, 0.4) is 0 Å². The van der Waals surface area contributed by atoms with Crippen molar-refractivity contribution in [2.75, 3.05) is 0 Å². The molecular formula is O6STi-2. The molecule has 0 amide bonds. The van der Waals surface area contributed by atoms with Gasteiger partial charge in [-0.05, 0) is 0 Å². The van der Waals surface area contributed by atoms with Gasteiger partial charge in [-0.25, -0.2) is 0 Å². The molecule has 0 N–H and O–H groups in total. The second-order valence-corrected chi connectivity index (χ2v) is 1.22. The Bertz CT molecular complexity index is 91.7.